The number of carboxylic acid groups (broad SMARTS) is 1. The van der Waals surface area contributed by atoms with E-state index in [4.69, 9.17) is 10.2 Å². The van der Waals surface area contributed by atoms with Gasteiger partial charge in [0.15, 0.2) is 6.10 Å². The van der Waals surface area contributed by atoms with Crippen molar-refractivity contribution in [3.63, 3.8) is 0 Å². The number of amides is 2. The standard InChI is InChI=1S/C13H17FN2O4/c1-16(8-9-2-4-10(14)5-3-9)13(20)15-7-6-11(17)12(18)19/h2-5,11,17H,6-8H2,1H3,(H,15,20)(H,18,19). The van der Waals surface area contributed by atoms with Gasteiger partial charge in [0, 0.05) is 26.6 Å². The molecule has 0 aliphatic carbocycles. The number of carboxylic acids is 1. The molecular weight excluding hydrogens is 267 g/mol. The van der Waals surface area contributed by atoms with E-state index < -0.39 is 18.1 Å². The molecule has 0 fully saturated rings. The van der Waals surface area contributed by atoms with E-state index in [1.165, 1.54) is 17.0 Å². The third-order valence-electron chi connectivity index (χ3n) is 2.66. The summed E-state index contributed by atoms with van der Waals surface area (Å²) in [6.45, 7) is 0.355. The highest BCUT2D eigenvalue weighted by atomic mass is 19.1. The average molecular weight is 284 g/mol. The molecule has 0 spiro atoms. The summed E-state index contributed by atoms with van der Waals surface area (Å²) in [6.07, 6.45) is -1.55. The molecule has 1 aromatic rings. The van der Waals surface area contributed by atoms with Crippen LogP contribution in [0.3, 0.4) is 0 Å². The normalized spacial score (nSPS) is 11.8. The Morgan fingerprint density at radius 1 is 1.35 bits per heavy atom. The molecule has 0 radical (unpaired) electrons. The number of urea groups is 1. The molecule has 1 rings (SSSR count). The summed E-state index contributed by atoms with van der Waals surface area (Å²) in [5.74, 6) is -1.66. The van der Waals surface area contributed by atoms with Crippen LogP contribution in [0.1, 0.15) is 12.0 Å². The molecule has 0 saturated carbocycles. The number of aliphatic hydroxyl groups excluding tert-OH is 1. The minimum absolute atomic E-state index is 0.0556. The zero-order chi connectivity index (χ0) is 15.1. The highest BCUT2D eigenvalue weighted by Gasteiger charge is 2.14. The van der Waals surface area contributed by atoms with Crippen molar-refractivity contribution in [1.82, 2.24) is 10.2 Å². The van der Waals surface area contributed by atoms with Gasteiger partial charge in [-0.15, -0.1) is 0 Å². The summed E-state index contributed by atoms with van der Waals surface area (Å²) in [5.41, 5.74) is 0.773. The summed E-state index contributed by atoms with van der Waals surface area (Å²) in [6, 6.07) is 5.38. The summed E-state index contributed by atoms with van der Waals surface area (Å²) in [5, 5.41) is 20.0. The third kappa shape index (κ3) is 5.23. The Labute approximate surface area is 115 Å². The van der Waals surface area contributed by atoms with E-state index in [0.717, 1.165) is 5.56 Å². The number of hydrogen-bond acceptors (Lipinski definition) is 3. The van der Waals surface area contributed by atoms with Crippen LogP contribution in [0.4, 0.5) is 9.18 Å². The van der Waals surface area contributed by atoms with Crippen molar-refractivity contribution in [2.24, 2.45) is 0 Å². The Kier molecular flexibility index (Phi) is 5.92. The largest absolute Gasteiger partial charge is 0.479 e. The van der Waals surface area contributed by atoms with Gasteiger partial charge >= 0.3 is 12.0 Å². The first-order chi connectivity index (χ1) is 9.40. The highest BCUT2D eigenvalue weighted by Crippen LogP contribution is 2.05. The lowest BCUT2D eigenvalue weighted by Crippen LogP contribution is -2.38. The van der Waals surface area contributed by atoms with Gasteiger partial charge in [-0.2, -0.15) is 0 Å². The maximum atomic E-state index is 12.7. The fraction of sp³-hybridized carbons (Fsp3) is 0.385. The van der Waals surface area contributed by atoms with E-state index in [1.54, 1.807) is 19.2 Å². The quantitative estimate of drug-likeness (QED) is 0.721. The van der Waals surface area contributed by atoms with Crippen LogP contribution in [0, 0.1) is 5.82 Å². The molecule has 1 unspecified atom stereocenters. The molecule has 110 valence electrons. The maximum Gasteiger partial charge on any atom is 0.332 e. The van der Waals surface area contributed by atoms with Crippen LogP contribution in [-0.4, -0.2) is 46.8 Å². The molecule has 3 N–H and O–H groups in total. The van der Waals surface area contributed by atoms with Gasteiger partial charge in [-0.25, -0.2) is 14.0 Å². The zero-order valence-corrected chi connectivity index (χ0v) is 11.0. The van der Waals surface area contributed by atoms with Crippen molar-refractivity contribution in [2.75, 3.05) is 13.6 Å². The van der Waals surface area contributed by atoms with Crippen LogP contribution < -0.4 is 5.32 Å². The molecule has 1 atom stereocenters. The summed E-state index contributed by atoms with van der Waals surface area (Å²) in [4.78, 5) is 23.4. The van der Waals surface area contributed by atoms with Crippen LogP contribution in [0.15, 0.2) is 24.3 Å². The Morgan fingerprint density at radius 2 is 1.95 bits per heavy atom. The fourth-order valence-corrected chi connectivity index (χ4v) is 1.51. The molecule has 0 bridgehead atoms. The van der Waals surface area contributed by atoms with Crippen LogP contribution >= 0.6 is 0 Å². The highest BCUT2D eigenvalue weighted by molar-refractivity contribution is 5.74. The number of carbonyl (C=O) groups is 2. The molecule has 0 saturated heterocycles. The average Bonchev–Trinajstić information content (AvgIpc) is 2.40. The maximum absolute atomic E-state index is 12.7. The molecule has 0 aliphatic rings. The van der Waals surface area contributed by atoms with Crippen LogP contribution in [0.5, 0.6) is 0 Å². The number of benzene rings is 1. The number of carbonyl (C=O) groups excluding carboxylic acids is 1. The molecule has 7 heteroatoms. The smallest absolute Gasteiger partial charge is 0.332 e. The van der Waals surface area contributed by atoms with Crippen LogP contribution in [-0.2, 0) is 11.3 Å². The second-order valence-electron chi connectivity index (χ2n) is 4.36. The van der Waals surface area contributed by atoms with Gasteiger partial charge in [0.2, 0.25) is 0 Å². The Morgan fingerprint density at radius 3 is 2.50 bits per heavy atom. The van der Waals surface area contributed by atoms with Crippen molar-refractivity contribution in [3.05, 3.63) is 35.6 Å². The minimum Gasteiger partial charge on any atom is -0.479 e. The Balaban J connectivity index is 2.35. The summed E-state index contributed by atoms with van der Waals surface area (Å²) >= 11 is 0. The van der Waals surface area contributed by atoms with Gasteiger partial charge in [-0.3, -0.25) is 0 Å². The van der Waals surface area contributed by atoms with Gasteiger partial charge in [-0.05, 0) is 17.7 Å². The number of rotatable bonds is 6. The van der Waals surface area contributed by atoms with E-state index in [1.807, 2.05) is 0 Å². The van der Waals surface area contributed by atoms with Gasteiger partial charge in [-0.1, -0.05) is 12.1 Å². The SMILES string of the molecule is CN(Cc1ccc(F)cc1)C(=O)NCCC(O)C(=O)O. The first-order valence-electron chi connectivity index (χ1n) is 6.04. The molecule has 6 nitrogen and oxygen atoms in total. The van der Waals surface area contributed by atoms with E-state index in [2.05, 4.69) is 5.32 Å². The Bertz CT molecular complexity index is 464. The summed E-state index contributed by atoms with van der Waals surface area (Å²) in [7, 11) is 1.56. The first-order valence-corrected chi connectivity index (χ1v) is 6.04. The molecule has 1 aromatic carbocycles. The number of aliphatic carboxylic acids is 1. The molecule has 0 aliphatic heterocycles. The van der Waals surface area contributed by atoms with Gasteiger partial charge in [0.25, 0.3) is 0 Å². The van der Waals surface area contributed by atoms with Crippen molar-refractivity contribution >= 4 is 12.0 Å². The van der Waals surface area contributed by atoms with E-state index in [0.29, 0.717) is 6.54 Å². The predicted molar refractivity (Wildman–Crippen MR) is 69.5 cm³/mol. The van der Waals surface area contributed by atoms with Crippen LogP contribution in [0.25, 0.3) is 0 Å². The lowest BCUT2D eigenvalue weighted by molar-refractivity contribution is -0.146. The zero-order valence-electron chi connectivity index (χ0n) is 11.0. The molecule has 2 amide bonds. The number of hydrogen-bond donors (Lipinski definition) is 3. The fourth-order valence-electron chi connectivity index (χ4n) is 1.51. The second kappa shape index (κ2) is 7.44. The minimum atomic E-state index is -1.49. The molecular formula is C13H17FN2O4. The lowest BCUT2D eigenvalue weighted by atomic mass is 10.2. The second-order valence-corrected chi connectivity index (χ2v) is 4.36. The number of halogens is 1. The van der Waals surface area contributed by atoms with Crippen molar-refractivity contribution < 1.29 is 24.2 Å². The number of aliphatic hydroxyl groups is 1. The number of nitrogens with zero attached hydrogens (tertiary/aromatic N) is 1. The van der Waals surface area contributed by atoms with E-state index in [9.17, 15) is 14.0 Å². The lowest BCUT2D eigenvalue weighted by Gasteiger charge is -2.18. The van der Waals surface area contributed by atoms with Crippen molar-refractivity contribution in [3.8, 4) is 0 Å². The summed E-state index contributed by atoms with van der Waals surface area (Å²) < 4.78 is 12.7. The molecule has 0 aromatic heterocycles. The predicted octanol–water partition coefficient (Wildman–Crippen LogP) is 0.803. The van der Waals surface area contributed by atoms with Crippen molar-refractivity contribution in [1.29, 1.82) is 0 Å². The molecule has 20 heavy (non-hydrogen) atoms. The van der Waals surface area contributed by atoms with Crippen molar-refractivity contribution in [2.45, 2.75) is 19.1 Å². The van der Waals surface area contributed by atoms with Gasteiger partial charge in [0.05, 0.1) is 0 Å². The van der Waals surface area contributed by atoms with Crippen LogP contribution in [0.2, 0.25) is 0 Å². The van der Waals surface area contributed by atoms with E-state index in [-0.39, 0.29) is 18.8 Å². The first kappa shape index (κ1) is 15.9. The third-order valence-corrected chi connectivity index (χ3v) is 2.66. The monoisotopic (exact) mass is 284 g/mol. The van der Waals surface area contributed by atoms with Gasteiger partial charge < -0.3 is 20.4 Å². The molecule has 0 heterocycles. The van der Waals surface area contributed by atoms with Gasteiger partial charge in [0.1, 0.15) is 5.82 Å². The van der Waals surface area contributed by atoms with E-state index >= 15 is 0 Å². The number of nitrogens with one attached hydrogen (secondary N) is 1. The topological polar surface area (TPSA) is 89.9 Å². The Hall–Kier alpha value is -2.15.